The van der Waals surface area contributed by atoms with Crippen molar-refractivity contribution in [2.45, 2.75) is 38.6 Å². The zero-order valence-electron chi connectivity index (χ0n) is 12.9. The second-order valence-corrected chi connectivity index (χ2v) is 6.04. The molecule has 1 fully saturated rings. The molecule has 1 aromatic heterocycles. The Balaban J connectivity index is 1.74. The minimum absolute atomic E-state index is 0.128. The highest BCUT2D eigenvalue weighted by Gasteiger charge is 2.20. The van der Waals surface area contributed by atoms with E-state index in [0.717, 1.165) is 11.9 Å². The summed E-state index contributed by atoms with van der Waals surface area (Å²) in [6, 6.07) is 9.44. The van der Waals surface area contributed by atoms with Crippen LogP contribution in [0.15, 0.2) is 39.5 Å². The molecule has 1 saturated heterocycles. The van der Waals surface area contributed by atoms with E-state index in [1.807, 2.05) is 18.2 Å². The molecular formula is C18H21NO3. The first-order valence-corrected chi connectivity index (χ1v) is 7.95. The lowest BCUT2D eigenvalue weighted by Gasteiger charge is -2.33. The fourth-order valence-electron chi connectivity index (χ4n) is 3.13. The number of para-hydroxylation sites is 1. The van der Waals surface area contributed by atoms with Gasteiger partial charge in [0.05, 0.1) is 0 Å². The van der Waals surface area contributed by atoms with E-state index in [1.165, 1.54) is 19.3 Å². The first-order valence-electron chi connectivity index (χ1n) is 7.95. The molecule has 116 valence electrons. The van der Waals surface area contributed by atoms with Crippen LogP contribution in [0.1, 0.15) is 43.0 Å². The summed E-state index contributed by atoms with van der Waals surface area (Å²) in [6.07, 6.45) is 4.01. The summed E-state index contributed by atoms with van der Waals surface area (Å²) in [6.45, 7) is 3.96. The molecule has 0 bridgehead atoms. The fraction of sp³-hybridized carbons (Fsp3) is 0.444. The maximum absolute atomic E-state index is 12.4. The van der Waals surface area contributed by atoms with Crippen LogP contribution in [0.2, 0.25) is 0 Å². The van der Waals surface area contributed by atoms with Crippen LogP contribution in [-0.2, 0) is 0 Å². The molecule has 0 radical (unpaired) electrons. The minimum atomic E-state index is -0.532. The van der Waals surface area contributed by atoms with Gasteiger partial charge in [-0.1, -0.05) is 24.6 Å². The normalized spacial score (nSPS) is 19.4. The number of ketones is 1. The highest BCUT2D eigenvalue weighted by Crippen LogP contribution is 2.17. The van der Waals surface area contributed by atoms with Crippen molar-refractivity contribution >= 4 is 16.8 Å². The summed E-state index contributed by atoms with van der Waals surface area (Å²) < 4.78 is 5.24. The number of nitrogens with zero attached hydrogens (tertiary/aromatic N) is 1. The molecule has 2 aromatic rings. The van der Waals surface area contributed by atoms with E-state index in [9.17, 15) is 9.59 Å². The molecule has 3 rings (SSSR count). The summed E-state index contributed by atoms with van der Waals surface area (Å²) in [5.74, 6) is -0.128. The number of carbonyl (C=O) groups excluding carboxylic acids is 1. The third kappa shape index (κ3) is 3.12. The Bertz CT molecular complexity index is 734. The van der Waals surface area contributed by atoms with Crippen LogP contribution in [0.25, 0.3) is 11.0 Å². The number of likely N-dealkylation sites (tertiary alicyclic amines) is 1. The zero-order valence-corrected chi connectivity index (χ0v) is 12.9. The number of hydrogen-bond donors (Lipinski definition) is 0. The Morgan fingerprint density at radius 2 is 2.14 bits per heavy atom. The Labute approximate surface area is 129 Å². The highest BCUT2D eigenvalue weighted by molar-refractivity contribution is 5.98. The minimum Gasteiger partial charge on any atom is -0.422 e. The van der Waals surface area contributed by atoms with Crippen LogP contribution in [0.5, 0.6) is 0 Å². The van der Waals surface area contributed by atoms with Crippen molar-refractivity contribution in [3.05, 3.63) is 46.3 Å². The average Bonchev–Trinajstić information content (AvgIpc) is 2.53. The van der Waals surface area contributed by atoms with Gasteiger partial charge in [0.25, 0.3) is 0 Å². The lowest BCUT2D eigenvalue weighted by Crippen LogP contribution is -2.38. The van der Waals surface area contributed by atoms with Crippen LogP contribution in [0.4, 0.5) is 0 Å². The first-order chi connectivity index (χ1) is 10.6. The topological polar surface area (TPSA) is 50.5 Å². The quantitative estimate of drug-likeness (QED) is 0.642. The van der Waals surface area contributed by atoms with E-state index < -0.39 is 5.63 Å². The molecular weight excluding hydrogens is 278 g/mol. The van der Waals surface area contributed by atoms with Crippen molar-refractivity contribution in [3.63, 3.8) is 0 Å². The standard InChI is InChI=1S/C18H21NO3/c1-13-6-4-5-10-19(13)11-9-16(20)15-12-14-7-2-3-8-17(14)22-18(15)21/h2-3,7-8,12-13H,4-6,9-11H2,1H3. The molecule has 2 heterocycles. The molecule has 22 heavy (non-hydrogen) atoms. The molecule has 1 aliphatic heterocycles. The van der Waals surface area contributed by atoms with Crippen LogP contribution in [-0.4, -0.2) is 29.8 Å². The van der Waals surface area contributed by atoms with Crippen LogP contribution in [0, 0.1) is 0 Å². The van der Waals surface area contributed by atoms with Crippen LogP contribution in [0.3, 0.4) is 0 Å². The zero-order chi connectivity index (χ0) is 15.5. The molecule has 1 atom stereocenters. The molecule has 0 amide bonds. The summed E-state index contributed by atoms with van der Waals surface area (Å²) in [7, 11) is 0. The van der Waals surface area contributed by atoms with Crippen molar-refractivity contribution in [2.24, 2.45) is 0 Å². The highest BCUT2D eigenvalue weighted by atomic mass is 16.4. The van der Waals surface area contributed by atoms with Gasteiger partial charge in [-0.2, -0.15) is 0 Å². The molecule has 0 aliphatic carbocycles. The molecule has 0 N–H and O–H groups in total. The SMILES string of the molecule is CC1CCCCN1CCC(=O)c1cc2ccccc2oc1=O. The van der Waals surface area contributed by atoms with E-state index in [0.29, 0.717) is 24.6 Å². The molecule has 0 saturated carbocycles. The van der Waals surface area contributed by atoms with Crippen LogP contribution >= 0.6 is 0 Å². The molecule has 4 heteroatoms. The van der Waals surface area contributed by atoms with Crippen LogP contribution < -0.4 is 5.63 Å². The van der Waals surface area contributed by atoms with E-state index in [2.05, 4.69) is 11.8 Å². The van der Waals surface area contributed by atoms with Crippen molar-refractivity contribution in [3.8, 4) is 0 Å². The molecule has 0 spiro atoms. The van der Waals surface area contributed by atoms with E-state index in [4.69, 9.17) is 4.42 Å². The van der Waals surface area contributed by atoms with Crippen molar-refractivity contribution in [1.29, 1.82) is 0 Å². The second kappa shape index (κ2) is 6.44. The summed E-state index contributed by atoms with van der Waals surface area (Å²) in [4.78, 5) is 26.7. The largest absolute Gasteiger partial charge is 0.422 e. The van der Waals surface area contributed by atoms with Gasteiger partial charge >= 0.3 is 5.63 Å². The fourth-order valence-corrected chi connectivity index (χ4v) is 3.13. The smallest absolute Gasteiger partial charge is 0.347 e. The summed E-state index contributed by atoms with van der Waals surface area (Å²) in [5.41, 5.74) is 0.160. The number of benzene rings is 1. The lowest BCUT2D eigenvalue weighted by molar-refractivity contribution is 0.0932. The molecule has 4 nitrogen and oxygen atoms in total. The van der Waals surface area contributed by atoms with Gasteiger partial charge in [0.15, 0.2) is 5.78 Å². The maximum Gasteiger partial charge on any atom is 0.347 e. The van der Waals surface area contributed by atoms with Gasteiger partial charge in [-0.25, -0.2) is 4.79 Å². The maximum atomic E-state index is 12.4. The predicted octanol–water partition coefficient (Wildman–Crippen LogP) is 3.24. The number of carbonyl (C=O) groups is 1. The number of hydrogen-bond acceptors (Lipinski definition) is 4. The monoisotopic (exact) mass is 299 g/mol. The third-order valence-electron chi connectivity index (χ3n) is 4.51. The van der Waals surface area contributed by atoms with Gasteiger partial charge in [-0.15, -0.1) is 0 Å². The number of fused-ring (bicyclic) bond motifs is 1. The van der Waals surface area contributed by atoms with Crippen molar-refractivity contribution in [1.82, 2.24) is 4.90 Å². The number of rotatable bonds is 4. The van der Waals surface area contributed by atoms with E-state index in [-0.39, 0.29) is 11.3 Å². The molecule has 1 aromatic carbocycles. The number of Topliss-reactive ketones (excluding diaryl/α,β-unsaturated/α-hetero) is 1. The van der Waals surface area contributed by atoms with Crippen molar-refractivity contribution in [2.75, 3.05) is 13.1 Å². The van der Waals surface area contributed by atoms with Gasteiger partial charge in [0.2, 0.25) is 0 Å². The Hall–Kier alpha value is -1.94. The van der Waals surface area contributed by atoms with E-state index >= 15 is 0 Å². The van der Waals surface area contributed by atoms with Gasteiger partial charge in [0.1, 0.15) is 11.1 Å². The predicted molar refractivity (Wildman–Crippen MR) is 86.3 cm³/mol. The Morgan fingerprint density at radius 1 is 1.32 bits per heavy atom. The third-order valence-corrected chi connectivity index (χ3v) is 4.51. The van der Waals surface area contributed by atoms with Gasteiger partial charge in [0, 0.05) is 24.4 Å². The second-order valence-electron chi connectivity index (χ2n) is 6.04. The van der Waals surface area contributed by atoms with E-state index in [1.54, 1.807) is 12.1 Å². The Kier molecular flexibility index (Phi) is 4.39. The first kappa shape index (κ1) is 15.0. The van der Waals surface area contributed by atoms with Crippen molar-refractivity contribution < 1.29 is 9.21 Å². The summed E-state index contributed by atoms with van der Waals surface area (Å²) in [5, 5.41) is 0.789. The van der Waals surface area contributed by atoms with Gasteiger partial charge in [-0.05, 0) is 38.4 Å². The summed E-state index contributed by atoms with van der Waals surface area (Å²) >= 11 is 0. The van der Waals surface area contributed by atoms with Gasteiger partial charge < -0.3 is 9.32 Å². The lowest BCUT2D eigenvalue weighted by atomic mass is 10.0. The average molecular weight is 299 g/mol. The molecule has 1 unspecified atom stereocenters. The Morgan fingerprint density at radius 3 is 2.95 bits per heavy atom. The number of piperidine rings is 1. The van der Waals surface area contributed by atoms with Gasteiger partial charge in [-0.3, -0.25) is 4.79 Å². The molecule has 1 aliphatic rings.